The van der Waals surface area contributed by atoms with Gasteiger partial charge >= 0.3 is 5.97 Å². The zero-order chi connectivity index (χ0) is 21.0. The van der Waals surface area contributed by atoms with Crippen LogP contribution in [0.3, 0.4) is 0 Å². The quantitative estimate of drug-likeness (QED) is 0.721. The van der Waals surface area contributed by atoms with Crippen LogP contribution in [0.25, 0.3) is 10.9 Å². The second kappa shape index (κ2) is 7.03. The van der Waals surface area contributed by atoms with E-state index in [2.05, 4.69) is 36.0 Å². The third-order valence-electron chi connectivity index (χ3n) is 6.30. The number of nitrogens with one attached hydrogen (secondary N) is 2. The number of ether oxygens (including phenoxy) is 1. The number of aromatic amines is 1. The zero-order valence-electron chi connectivity index (χ0n) is 17.4. The molecule has 2 heterocycles. The number of likely N-dealkylation sites (tertiary alicyclic amines) is 1. The summed E-state index contributed by atoms with van der Waals surface area (Å²) < 4.78 is 4.88. The van der Waals surface area contributed by atoms with Crippen molar-refractivity contribution in [1.29, 1.82) is 0 Å². The topological polar surface area (TPSA) is 74.4 Å². The van der Waals surface area contributed by atoms with Gasteiger partial charge in [-0.3, -0.25) is 9.69 Å². The van der Waals surface area contributed by atoms with Crippen molar-refractivity contribution in [2.75, 3.05) is 25.5 Å². The van der Waals surface area contributed by atoms with Gasteiger partial charge in [0.2, 0.25) is 5.91 Å². The van der Waals surface area contributed by atoms with Gasteiger partial charge in [0.25, 0.3) is 0 Å². The highest BCUT2D eigenvalue weighted by Gasteiger charge is 2.49. The Hall–Kier alpha value is -2.05. The number of nitrogens with zero attached hydrogens (tertiary/aromatic N) is 1. The summed E-state index contributed by atoms with van der Waals surface area (Å²) in [6.45, 7) is 8.18. The van der Waals surface area contributed by atoms with E-state index in [1.807, 2.05) is 6.07 Å². The molecule has 2 aromatic rings. The number of carbonyl (C=O) groups excluding carboxylic acids is 2. The summed E-state index contributed by atoms with van der Waals surface area (Å²) in [6.07, 6.45) is 3.41. The van der Waals surface area contributed by atoms with E-state index in [0.717, 1.165) is 19.4 Å². The number of hydrogen-bond donors (Lipinski definition) is 2. The number of anilines is 1. The first-order chi connectivity index (χ1) is 13.6. The molecule has 1 saturated carbocycles. The number of carbonyl (C=O) groups is 2. The van der Waals surface area contributed by atoms with Gasteiger partial charge in [0.05, 0.1) is 24.4 Å². The number of hydrogen-bond acceptors (Lipinski definition) is 4. The molecule has 6 nitrogen and oxygen atoms in total. The van der Waals surface area contributed by atoms with Crippen molar-refractivity contribution in [2.24, 2.45) is 10.8 Å². The molecule has 1 aliphatic carbocycles. The molecule has 1 amide bonds. The van der Waals surface area contributed by atoms with Crippen LogP contribution in [0.5, 0.6) is 0 Å². The lowest BCUT2D eigenvalue weighted by atomic mass is 9.65. The zero-order valence-corrected chi connectivity index (χ0v) is 18.2. The fourth-order valence-electron chi connectivity index (χ4n) is 5.71. The monoisotopic (exact) mass is 417 g/mol. The number of methoxy groups -OCH3 is 1. The second-order valence-corrected chi connectivity index (χ2v) is 10.1. The molecule has 1 aromatic heterocycles. The Morgan fingerprint density at radius 2 is 2.07 bits per heavy atom. The number of amides is 1. The van der Waals surface area contributed by atoms with E-state index >= 15 is 0 Å². The average molecular weight is 418 g/mol. The highest BCUT2D eigenvalue weighted by Crippen LogP contribution is 2.52. The van der Waals surface area contributed by atoms with E-state index in [9.17, 15) is 9.59 Å². The number of benzene rings is 1. The predicted octanol–water partition coefficient (Wildman–Crippen LogP) is 4.45. The summed E-state index contributed by atoms with van der Waals surface area (Å²) in [5.41, 5.74) is 1.83. The summed E-state index contributed by atoms with van der Waals surface area (Å²) in [6, 6.07) is 5.76. The van der Waals surface area contributed by atoms with Crippen molar-refractivity contribution in [1.82, 2.24) is 9.88 Å². The molecule has 7 heteroatoms. The molecule has 0 spiro atoms. The van der Waals surface area contributed by atoms with Crippen LogP contribution in [0.4, 0.5) is 5.69 Å². The van der Waals surface area contributed by atoms with Crippen molar-refractivity contribution in [3.63, 3.8) is 0 Å². The number of fused-ring (bicyclic) bond motifs is 3. The molecule has 2 N–H and O–H groups in total. The number of rotatable bonds is 4. The Labute approximate surface area is 175 Å². The van der Waals surface area contributed by atoms with Crippen molar-refractivity contribution >= 4 is 40.1 Å². The largest absolute Gasteiger partial charge is 0.464 e. The van der Waals surface area contributed by atoms with Crippen molar-refractivity contribution < 1.29 is 14.3 Å². The van der Waals surface area contributed by atoms with Crippen LogP contribution in [0, 0.1) is 10.8 Å². The Balaban J connectivity index is 1.58. The van der Waals surface area contributed by atoms with Crippen molar-refractivity contribution in [3.05, 3.63) is 28.9 Å². The predicted molar refractivity (Wildman–Crippen MR) is 114 cm³/mol. The number of halogens is 1. The molecule has 1 aromatic carbocycles. The van der Waals surface area contributed by atoms with Crippen LogP contribution >= 0.6 is 11.6 Å². The Bertz CT molecular complexity index is 983. The first-order valence-electron chi connectivity index (χ1n) is 10.0. The SMILES string of the molecule is COC(=O)c1[nH]c2cccc(Cl)c2c1NC(=O)CN1C[C@]2(C)C[C@@H]1CC(C)(C)C2. The number of esters is 1. The molecular formula is C22H28ClN3O3. The molecule has 1 saturated heterocycles. The maximum atomic E-state index is 13.0. The van der Waals surface area contributed by atoms with Gasteiger partial charge in [-0.25, -0.2) is 4.79 Å². The summed E-state index contributed by atoms with van der Waals surface area (Å²) in [4.78, 5) is 30.5. The molecule has 2 atom stereocenters. The van der Waals surface area contributed by atoms with Gasteiger partial charge in [0.1, 0.15) is 5.69 Å². The lowest BCUT2D eigenvalue weighted by molar-refractivity contribution is -0.117. The molecule has 1 aliphatic heterocycles. The van der Waals surface area contributed by atoms with Gasteiger partial charge in [-0.2, -0.15) is 0 Å². The lowest BCUT2D eigenvalue weighted by Crippen LogP contribution is -2.38. The van der Waals surface area contributed by atoms with Gasteiger partial charge in [-0.1, -0.05) is 38.4 Å². The highest BCUT2D eigenvalue weighted by atomic mass is 35.5. The highest BCUT2D eigenvalue weighted by molar-refractivity contribution is 6.37. The minimum atomic E-state index is -0.543. The van der Waals surface area contributed by atoms with Crippen LogP contribution in [-0.2, 0) is 9.53 Å². The Morgan fingerprint density at radius 3 is 2.79 bits per heavy atom. The third kappa shape index (κ3) is 3.76. The molecular weight excluding hydrogens is 390 g/mol. The van der Waals surface area contributed by atoms with E-state index in [0.29, 0.717) is 39.6 Å². The van der Waals surface area contributed by atoms with E-state index in [1.54, 1.807) is 12.1 Å². The second-order valence-electron chi connectivity index (χ2n) is 9.70. The standard InChI is InChI=1S/C22H28ClN3O3/c1-21(2)8-13-9-22(3,11-21)12-26(13)10-16(27)25-18-17-14(23)6-5-7-15(17)24-19(18)20(28)29-4/h5-7,13,24H,8-12H2,1-4H3,(H,25,27)/t13-,22+/m0/s1. The minimum absolute atomic E-state index is 0.148. The van der Waals surface area contributed by atoms with Gasteiger partial charge < -0.3 is 15.0 Å². The normalized spacial score (nSPS) is 25.9. The van der Waals surface area contributed by atoms with Crippen molar-refractivity contribution in [2.45, 2.75) is 46.1 Å². The van der Waals surface area contributed by atoms with E-state index < -0.39 is 5.97 Å². The van der Waals surface area contributed by atoms with E-state index in [4.69, 9.17) is 16.3 Å². The lowest BCUT2D eigenvalue weighted by Gasteiger charge is -2.39. The first-order valence-corrected chi connectivity index (χ1v) is 10.4. The van der Waals surface area contributed by atoms with Crippen molar-refractivity contribution in [3.8, 4) is 0 Å². The molecule has 4 rings (SSSR count). The summed E-state index contributed by atoms with van der Waals surface area (Å²) in [5.74, 6) is -0.691. The smallest absolute Gasteiger partial charge is 0.356 e. The fraction of sp³-hybridized carbons (Fsp3) is 0.545. The van der Waals surface area contributed by atoms with Crippen LogP contribution in [0.2, 0.25) is 5.02 Å². The molecule has 156 valence electrons. The Kier molecular flexibility index (Phi) is 4.90. The summed E-state index contributed by atoms with van der Waals surface area (Å²) in [7, 11) is 1.31. The molecule has 2 aliphatic rings. The van der Waals surface area contributed by atoms with Gasteiger partial charge in [-0.05, 0) is 42.2 Å². The van der Waals surface area contributed by atoms with E-state index in [-0.39, 0.29) is 17.0 Å². The summed E-state index contributed by atoms with van der Waals surface area (Å²) >= 11 is 6.37. The maximum Gasteiger partial charge on any atom is 0.356 e. The van der Waals surface area contributed by atoms with Crippen LogP contribution in [0.1, 0.15) is 50.5 Å². The van der Waals surface area contributed by atoms with Crippen LogP contribution in [0.15, 0.2) is 18.2 Å². The first kappa shape index (κ1) is 20.2. The maximum absolute atomic E-state index is 13.0. The Morgan fingerprint density at radius 1 is 1.31 bits per heavy atom. The number of aromatic nitrogens is 1. The van der Waals surface area contributed by atoms with Gasteiger partial charge in [0, 0.05) is 23.5 Å². The molecule has 29 heavy (non-hydrogen) atoms. The average Bonchev–Trinajstić information content (AvgIpc) is 3.09. The van der Waals surface area contributed by atoms with Gasteiger partial charge in [0.15, 0.2) is 0 Å². The van der Waals surface area contributed by atoms with Gasteiger partial charge in [-0.15, -0.1) is 0 Å². The van der Waals surface area contributed by atoms with Crippen LogP contribution in [-0.4, -0.2) is 48.0 Å². The minimum Gasteiger partial charge on any atom is -0.464 e. The molecule has 0 unspecified atom stereocenters. The molecule has 0 radical (unpaired) electrons. The van der Waals surface area contributed by atoms with Crippen LogP contribution < -0.4 is 5.32 Å². The van der Waals surface area contributed by atoms with E-state index in [1.165, 1.54) is 13.5 Å². The fourth-order valence-corrected chi connectivity index (χ4v) is 5.98. The summed E-state index contributed by atoms with van der Waals surface area (Å²) in [5, 5.41) is 4.02. The molecule has 2 fully saturated rings. The molecule has 2 bridgehead atoms. The third-order valence-corrected chi connectivity index (χ3v) is 6.61. The number of H-pyrrole nitrogens is 1.